The van der Waals surface area contributed by atoms with E-state index in [0.29, 0.717) is 23.1 Å². The number of piperidine rings is 1. The number of hydrogen-bond donors (Lipinski definition) is 1. The summed E-state index contributed by atoms with van der Waals surface area (Å²) in [4.78, 5) is 24.6. The molecule has 6 heteroatoms. The molecule has 1 atom stereocenters. The Labute approximate surface area is 124 Å². The van der Waals surface area contributed by atoms with E-state index in [9.17, 15) is 14.0 Å². The second-order valence-electron chi connectivity index (χ2n) is 4.99. The molecule has 0 bridgehead atoms. The van der Waals surface area contributed by atoms with Gasteiger partial charge in [-0.15, -0.1) is 0 Å². The molecule has 0 radical (unpaired) electrons. The zero-order valence-corrected chi connectivity index (χ0v) is 12.4. The lowest BCUT2D eigenvalue weighted by Crippen LogP contribution is -2.40. The standard InChI is InChI=1S/C14H15BrFNO3/c15-11-4-3-10(7-12(11)16)14(20)17-5-1-2-9(8-17)6-13(18)19/h3-4,7,9H,1-2,5-6,8H2,(H,18,19). The zero-order chi connectivity index (χ0) is 14.7. The fraction of sp³-hybridized carbons (Fsp3) is 0.429. The molecule has 1 amide bonds. The van der Waals surface area contributed by atoms with Crippen molar-refractivity contribution in [2.75, 3.05) is 13.1 Å². The Kier molecular flexibility index (Phi) is 4.75. The normalized spacial score (nSPS) is 18.9. The fourth-order valence-electron chi connectivity index (χ4n) is 2.47. The van der Waals surface area contributed by atoms with Crippen molar-refractivity contribution in [3.63, 3.8) is 0 Å². The zero-order valence-electron chi connectivity index (χ0n) is 10.8. The summed E-state index contributed by atoms with van der Waals surface area (Å²) in [6.07, 6.45) is 1.66. The third-order valence-electron chi connectivity index (χ3n) is 3.44. The number of halogens is 2. The van der Waals surface area contributed by atoms with Crippen LogP contribution in [-0.2, 0) is 4.79 Å². The first kappa shape index (κ1) is 15.0. The molecule has 0 aliphatic carbocycles. The SMILES string of the molecule is O=C(O)CC1CCCN(C(=O)c2ccc(Br)c(F)c2)C1. The minimum atomic E-state index is -0.848. The van der Waals surface area contributed by atoms with Crippen molar-refractivity contribution in [1.82, 2.24) is 4.90 Å². The molecule has 1 aliphatic rings. The molecule has 1 N–H and O–H groups in total. The van der Waals surface area contributed by atoms with Gasteiger partial charge in [-0.25, -0.2) is 4.39 Å². The summed E-state index contributed by atoms with van der Waals surface area (Å²) in [7, 11) is 0. The second kappa shape index (κ2) is 6.35. The molecule has 0 spiro atoms. The van der Waals surface area contributed by atoms with Crippen LogP contribution < -0.4 is 0 Å². The molecule has 1 aromatic carbocycles. The van der Waals surface area contributed by atoms with E-state index >= 15 is 0 Å². The van der Waals surface area contributed by atoms with E-state index in [4.69, 9.17) is 5.11 Å². The molecule has 2 rings (SSSR count). The van der Waals surface area contributed by atoms with Gasteiger partial charge in [-0.3, -0.25) is 9.59 Å². The minimum absolute atomic E-state index is 0.0227. The van der Waals surface area contributed by atoms with E-state index in [1.165, 1.54) is 12.1 Å². The van der Waals surface area contributed by atoms with Crippen molar-refractivity contribution >= 4 is 27.8 Å². The van der Waals surface area contributed by atoms with Gasteiger partial charge in [-0.1, -0.05) is 0 Å². The van der Waals surface area contributed by atoms with Crippen LogP contribution in [0.15, 0.2) is 22.7 Å². The fourth-order valence-corrected chi connectivity index (χ4v) is 2.72. The number of nitrogens with zero attached hydrogens (tertiary/aromatic N) is 1. The Morgan fingerprint density at radius 2 is 2.20 bits per heavy atom. The maximum absolute atomic E-state index is 13.5. The molecule has 1 fully saturated rings. The summed E-state index contributed by atoms with van der Waals surface area (Å²) < 4.78 is 13.8. The molecule has 1 unspecified atom stereocenters. The number of hydrogen-bond acceptors (Lipinski definition) is 2. The summed E-state index contributed by atoms with van der Waals surface area (Å²) in [6, 6.07) is 4.27. The molecule has 1 aliphatic heterocycles. The Morgan fingerprint density at radius 1 is 1.45 bits per heavy atom. The lowest BCUT2D eigenvalue weighted by molar-refractivity contribution is -0.138. The van der Waals surface area contributed by atoms with Gasteiger partial charge in [0.05, 0.1) is 4.47 Å². The number of likely N-dealkylation sites (tertiary alicyclic amines) is 1. The van der Waals surface area contributed by atoms with Gasteiger partial charge >= 0.3 is 5.97 Å². The molecule has 20 heavy (non-hydrogen) atoms. The number of amides is 1. The topological polar surface area (TPSA) is 57.6 Å². The number of aliphatic carboxylic acids is 1. The first-order valence-corrected chi connectivity index (χ1v) is 7.23. The molecule has 1 aromatic rings. The summed E-state index contributed by atoms with van der Waals surface area (Å²) >= 11 is 3.05. The Bertz CT molecular complexity index is 535. The van der Waals surface area contributed by atoms with Crippen LogP contribution >= 0.6 is 15.9 Å². The summed E-state index contributed by atoms with van der Waals surface area (Å²) in [5, 5.41) is 8.82. The highest BCUT2D eigenvalue weighted by Gasteiger charge is 2.26. The molecule has 1 heterocycles. The molecule has 1 saturated heterocycles. The van der Waals surface area contributed by atoms with Crippen LogP contribution in [-0.4, -0.2) is 35.0 Å². The van der Waals surface area contributed by atoms with Gasteiger partial charge in [0.2, 0.25) is 0 Å². The van der Waals surface area contributed by atoms with Gasteiger partial charge in [-0.05, 0) is 52.9 Å². The number of benzene rings is 1. The van der Waals surface area contributed by atoms with Gasteiger partial charge in [0, 0.05) is 25.1 Å². The largest absolute Gasteiger partial charge is 0.481 e. The number of rotatable bonds is 3. The van der Waals surface area contributed by atoms with Crippen molar-refractivity contribution < 1.29 is 19.1 Å². The lowest BCUT2D eigenvalue weighted by Gasteiger charge is -2.32. The number of carboxylic acids is 1. The molecular weight excluding hydrogens is 329 g/mol. The smallest absolute Gasteiger partial charge is 0.303 e. The Morgan fingerprint density at radius 3 is 2.85 bits per heavy atom. The third-order valence-corrected chi connectivity index (χ3v) is 4.08. The molecule has 0 saturated carbocycles. The second-order valence-corrected chi connectivity index (χ2v) is 5.84. The molecular formula is C14H15BrFNO3. The van der Waals surface area contributed by atoms with Gasteiger partial charge in [-0.2, -0.15) is 0 Å². The van der Waals surface area contributed by atoms with Crippen LogP contribution in [0, 0.1) is 11.7 Å². The van der Waals surface area contributed by atoms with Crippen LogP contribution in [0.3, 0.4) is 0 Å². The minimum Gasteiger partial charge on any atom is -0.481 e. The van der Waals surface area contributed by atoms with Crippen molar-refractivity contribution in [3.8, 4) is 0 Å². The molecule has 4 nitrogen and oxygen atoms in total. The monoisotopic (exact) mass is 343 g/mol. The predicted octanol–water partition coefficient (Wildman–Crippen LogP) is 2.92. The number of carboxylic acid groups (broad SMARTS) is 1. The van der Waals surface area contributed by atoms with Gasteiger partial charge < -0.3 is 10.0 Å². The van der Waals surface area contributed by atoms with E-state index in [1.807, 2.05) is 0 Å². The molecule has 0 aromatic heterocycles. The molecule has 108 valence electrons. The highest BCUT2D eigenvalue weighted by Crippen LogP contribution is 2.23. The maximum atomic E-state index is 13.5. The average Bonchev–Trinajstić information content (AvgIpc) is 2.40. The van der Waals surface area contributed by atoms with E-state index < -0.39 is 11.8 Å². The summed E-state index contributed by atoms with van der Waals surface area (Å²) in [5.74, 6) is -1.59. The maximum Gasteiger partial charge on any atom is 0.303 e. The number of carbonyl (C=O) groups excluding carboxylic acids is 1. The highest BCUT2D eigenvalue weighted by molar-refractivity contribution is 9.10. The van der Waals surface area contributed by atoms with Crippen LogP contribution in [0.1, 0.15) is 29.6 Å². The third kappa shape index (κ3) is 3.56. The first-order chi connectivity index (χ1) is 9.47. The van der Waals surface area contributed by atoms with Crippen LogP contribution in [0.25, 0.3) is 0 Å². The average molecular weight is 344 g/mol. The van der Waals surface area contributed by atoms with Crippen LogP contribution in [0.4, 0.5) is 4.39 Å². The van der Waals surface area contributed by atoms with Crippen molar-refractivity contribution in [2.45, 2.75) is 19.3 Å². The van der Waals surface area contributed by atoms with Crippen molar-refractivity contribution in [3.05, 3.63) is 34.1 Å². The number of carbonyl (C=O) groups is 2. The first-order valence-electron chi connectivity index (χ1n) is 6.43. The van der Waals surface area contributed by atoms with E-state index in [2.05, 4.69) is 15.9 Å². The lowest BCUT2D eigenvalue weighted by atomic mass is 9.94. The van der Waals surface area contributed by atoms with E-state index in [1.54, 1.807) is 11.0 Å². The van der Waals surface area contributed by atoms with E-state index in [-0.39, 0.29) is 18.2 Å². The van der Waals surface area contributed by atoms with Crippen molar-refractivity contribution in [1.29, 1.82) is 0 Å². The Balaban J connectivity index is 2.08. The van der Waals surface area contributed by atoms with Gasteiger partial charge in [0.15, 0.2) is 0 Å². The Hall–Kier alpha value is -1.43. The van der Waals surface area contributed by atoms with Gasteiger partial charge in [0.1, 0.15) is 5.82 Å². The van der Waals surface area contributed by atoms with Crippen LogP contribution in [0.5, 0.6) is 0 Å². The van der Waals surface area contributed by atoms with Crippen LogP contribution in [0.2, 0.25) is 0 Å². The van der Waals surface area contributed by atoms with Crippen molar-refractivity contribution in [2.24, 2.45) is 5.92 Å². The quantitative estimate of drug-likeness (QED) is 0.917. The highest BCUT2D eigenvalue weighted by atomic mass is 79.9. The van der Waals surface area contributed by atoms with Gasteiger partial charge in [0.25, 0.3) is 5.91 Å². The summed E-state index contributed by atoms with van der Waals surface area (Å²) in [5.41, 5.74) is 0.293. The summed E-state index contributed by atoms with van der Waals surface area (Å²) in [6.45, 7) is 1.01. The predicted molar refractivity (Wildman–Crippen MR) is 75.0 cm³/mol. The van der Waals surface area contributed by atoms with E-state index in [0.717, 1.165) is 12.8 Å².